The summed E-state index contributed by atoms with van der Waals surface area (Å²) in [5, 5.41) is 19.8. The van der Waals surface area contributed by atoms with Crippen LogP contribution in [-0.2, 0) is 32.0 Å². The van der Waals surface area contributed by atoms with Gasteiger partial charge in [0, 0.05) is 23.3 Å². The summed E-state index contributed by atoms with van der Waals surface area (Å²) in [6.07, 6.45) is 0.952. The third kappa shape index (κ3) is 9.32. The van der Waals surface area contributed by atoms with Crippen molar-refractivity contribution in [2.75, 3.05) is 6.54 Å². The Labute approximate surface area is 241 Å². The van der Waals surface area contributed by atoms with Gasteiger partial charge in [0.2, 0.25) is 17.7 Å². The normalized spacial score (nSPS) is 13.2. The highest BCUT2D eigenvalue weighted by molar-refractivity contribution is 14.1. The van der Waals surface area contributed by atoms with Crippen molar-refractivity contribution in [3.8, 4) is 0 Å². The number of rotatable bonds is 13. The molecule has 10 heteroatoms. The number of carbonyl (C=O) groups excluding carboxylic acids is 3. The standard InChI is InChI=1S/C29H33IN4O5/c1-18(35)32-25(16-19-9-12-23(30)13-10-19)28(37)33-24(7-4-14-31)27(36)34-26(29(38)39)17-20-8-11-21-5-2-3-6-22(21)15-20/h2-3,5-6,8-13,15,24-26H,4,7,14,16-17,31H2,1H3,(H,32,35)(H,33,37)(H,34,36)(H,38,39)/t24-,25+,26-/m0/s1. The highest BCUT2D eigenvalue weighted by atomic mass is 127. The number of nitrogens with two attached hydrogens (primary N) is 1. The zero-order valence-corrected chi connectivity index (χ0v) is 23.8. The Bertz CT molecular complexity index is 1310. The Morgan fingerprint density at radius 3 is 2.03 bits per heavy atom. The van der Waals surface area contributed by atoms with Gasteiger partial charge in [-0.1, -0.05) is 54.6 Å². The Balaban J connectivity index is 1.73. The molecule has 0 bridgehead atoms. The van der Waals surface area contributed by atoms with Gasteiger partial charge in [0.1, 0.15) is 18.1 Å². The summed E-state index contributed by atoms with van der Waals surface area (Å²) in [4.78, 5) is 50.3. The second-order valence-corrected chi connectivity index (χ2v) is 10.6. The molecule has 0 fully saturated rings. The summed E-state index contributed by atoms with van der Waals surface area (Å²) >= 11 is 2.18. The quantitative estimate of drug-likeness (QED) is 0.181. The van der Waals surface area contributed by atoms with Gasteiger partial charge in [0.05, 0.1) is 0 Å². The number of nitrogens with one attached hydrogen (secondary N) is 3. The number of hydrogen-bond donors (Lipinski definition) is 5. The van der Waals surface area contributed by atoms with Gasteiger partial charge >= 0.3 is 5.97 Å². The molecule has 0 spiro atoms. The summed E-state index contributed by atoms with van der Waals surface area (Å²) in [5.41, 5.74) is 7.25. The van der Waals surface area contributed by atoms with E-state index in [0.29, 0.717) is 6.42 Å². The molecule has 0 saturated heterocycles. The molecule has 3 atom stereocenters. The van der Waals surface area contributed by atoms with E-state index < -0.39 is 35.9 Å². The molecule has 0 heterocycles. The number of hydrogen-bond acceptors (Lipinski definition) is 5. The van der Waals surface area contributed by atoms with Gasteiger partial charge in [0.25, 0.3) is 0 Å². The number of halogens is 1. The molecule has 0 aliphatic carbocycles. The van der Waals surface area contributed by atoms with Crippen LogP contribution in [0.1, 0.15) is 30.9 Å². The van der Waals surface area contributed by atoms with Crippen LogP contribution in [0.15, 0.2) is 66.7 Å². The number of amides is 3. The predicted octanol–water partition coefficient (Wildman–Crippen LogP) is 2.53. The first-order valence-corrected chi connectivity index (χ1v) is 13.8. The summed E-state index contributed by atoms with van der Waals surface area (Å²) in [7, 11) is 0. The van der Waals surface area contributed by atoms with Gasteiger partial charge in [-0.15, -0.1) is 0 Å². The average molecular weight is 645 g/mol. The largest absolute Gasteiger partial charge is 0.480 e. The number of benzene rings is 3. The molecule has 3 rings (SSSR count). The van der Waals surface area contributed by atoms with E-state index in [1.807, 2.05) is 66.7 Å². The van der Waals surface area contributed by atoms with E-state index in [9.17, 15) is 24.3 Å². The number of carbonyl (C=O) groups is 4. The van der Waals surface area contributed by atoms with Crippen LogP contribution >= 0.6 is 22.6 Å². The molecule has 0 aliphatic rings. The highest BCUT2D eigenvalue weighted by Gasteiger charge is 2.29. The van der Waals surface area contributed by atoms with E-state index in [1.165, 1.54) is 6.92 Å². The molecule has 0 aliphatic heterocycles. The summed E-state index contributed by atoms with van der Waals surface area (Å²) in [5.74, 6) is -2.73. The third-order valence-corrected chi connectivity index (χ3v) is 6.96. The van der Waals surface area contributed by atoms with Gasteiger partial charge in [-0.3, -0.25) is 14.4 Å². The van der Waals surface area contributed by atoms with Crippen molar-refractivity contribution in [2.45, 2.75) is 50.7 Å². The first kappa shape index (κ1) is 30.0. The zero-order valence-electron chi connectivity index (χ0n) is 21.7. The Kier molecular flexibility index (Phi) is 11.2. The van der Waals surface area contributed by atoms with E-state index in [1.54, 1.807) is 0 Å². The van der Waals surface area contributed by atoms with Gasteiger partial charge in [-0.05, 0) is 76.0 Å². The summed E-state index contributed by atoms with van der Waals surface area (Å²) < 4.78 is 1.03. The van der Waals surface area contributed by atoms with Crippen LogP contribution < -0.4 is 21.7 Å². The van der Waals surface area contributed by atoms with Crippen molar-refractivity contribution >= 4 is 57.1 Å². The molecule has 9 nitrogen and oxygen atoms in total. The van der Waals surface area contributed by atoms with Gasteiger partial charge < -0.3 is 26.8 Å². The second kappa shape index (κ2) is 14.6. The van der Waals surface area contributed by atoms with Crippen molar-refractivity contribution in [1.29, 1.82) is 0 Å². The Morgan fingerprint density at radius 1 is 0.795 bits per heavy atom. The van der Waals surface area contributed by atoms with Crippen LogP contribution in [0.2, 0.25) is 0 Å². The maximum Gasteiger partial charge on any atom is 0.326 e. The second-order valence-electron chi connectivity index (χ2n) is 9.36. The predicted molar refractivity (Wildman–Crippen MR) is 158 cm³/mol. The van der Waals surface area contributed by atoms with Crippen LogP contribution in [0.4, 0.5) is 0 Å². The number of carboxylic acids is 1. The van der Waals surface area contributed by atoms with E-state index in [-0.39, 0.29) is 31.7 Å². The maximum absolute atomic E-state index is 13.2. The number of aliphatic carboxylic acids is 1. The number of carboxylic acid groups (broad SMARTS) is 1. The van der Waals surface area contributed by atoms with Crippen molar-refractivity contribution in [3.63, 3.8) is 0 Å². The fraction of sp³-hybridized carbons (Fsp3) is 0.310. The van der Waals surface area contributed by atoms with Crippen molar-refractivity contribution in [1.82, 2.24) is 16.0 Å². The minimum Gasteiger partial charge on any atom is -0.480 e. The lowest BCUT2D eigenvalue weighted by atomic mass is 10.0. The minimum atomic E-state index is -1.20. The van der Waals surface area contributed by atoms with Gasteiger partial charge in [-0.25, -0.2) is 4.79 Å². The van der Waals surface area contributed by atoms with Gasteiger partial charge in [-0.2, -0.15) is 0 Å². The smallest absolute Gasteiger partial charge is 0.326 e. The molecule has 6 N–H and O–H groups in total. The fourth-order valence-electron chi connectivity index (χ4n) is 4.25. The first-order chi connectivity index (χ1) is 18.7. The van der Waals surface area contributed by atoms with E-state index >= 15 is 0 Å². The number of fused-ring (bicyclic) bond motifs is 1. The fourth-order valence-corrected chi connectivity index (χ4v) is 4.61. The molecule has 0 aromatic heterocycles. The van der Waals surface area contributed by atoms with Crippen molar-refractivity contribution in [3.05, 3.63) is 81.4 Å². The van der Waals surface area contributed by atoms with E-state index in [0.717, 1.165) is 25.5 Å². The monoisotopic (exact) mass is 644 g/mol. The molecule has 39 heavy (non-hydrogen) atoms. The van der Waals surface area contributed by atoms with Crippen molar-refractivity contribution < 1.29 is 24.3 Å². The topological polar surface area (TPSA) is 151 Å². The molecule has 0 saturated carbocycles. The molecule has 0 radical (unpaired) electrons. The molecule has 3 aromatic rings. The average Bonchev–Trinajstić information content (AvgIpc) is 2.90. The molecular weight excluding hydrogens is 611 g/mol. The molecular formula is C29H33IN4O5. The lowest BCUT2D eigenvalue weighted by Gasteiger charge is -2.24. The SMILES string of the molecule is CC(=O)N[C@H](Cc1ccc(I)cc1)C(=O)N[C@@H](CCCN)C(=O)N[C@@H](Cc1ccc2ccccc2c1)C(=O)O. The highest BCUT2D eigenvalue weighted by Crippen LogP contribution is 2.17. The molecule has 3 amide bonds. The molecule has 0 unspecified atom stereocenters. The summed E-state index contributed by atoms with van der Waals surface area (Å²) in [6.45, 7) is 1.61. The first-order valence-electron chi connectivity index (χ1n) is 12.7. The van der Waals surface area contributed by atoms with Crippen LogP contribution in [0, 0.1) is 3.57 Å². The van der Waals surface area contributed by atoms with Crippen LogP contribution in [0.5, 0.6) is 0 Å². The van der Waals surface area contributed by atoms with E-state index in [2.05, 4.69) is 38.5 Å². The maximum atomic E-state index is 13.2. The molecule has 3 aromatic carbocycles. The zero-order chi connectivity index (χ0) is 28.4. The van der Waals surface area contributed by atoms with Gasteiger partial charge in [0.15, 0.2) is 0 Å². The third-order valence-electron chi connectivity index (χ3n) is 6.25. The van der Waals surface area contributed by atoms with Crippen LogP contribution in [-0.4, -0.2) is 53.5 Å². The van der Waals surface area contributed by atoms with E-state index in [4.69, 9.17) is 5.73 Å². The van der Waals surface area contributed by atoms with Crippen LogP contribution in [0.3, 0.4) is 0 Å². The Hall–Kier alpha value is -3.51. The van der Waals surface area contributed by atoms with Crippen molar-refractivity contribution in [2.24, 2.45) is 5.73 Å². The lowest BCUT2D eigenvalue weighted by molar-refractivity contribution is -0.142. The minimum absolute atomic E-state index is 0.0742. The van der Waals surface area contributed by atoms with Crippen LogP contribution in [0.25, 0.3) is 10.8 Å². The lowest BCUT2D eigenvalue weighted by Crippen LogP contribution is -2.56. The summed E-state index contributed by atoms with van der Waals surface area (Å²) in [6, 6.07) is 17.8. The Morgan fingerprint density at radius 2 is 1.38 bits per heavy atom. The molecule has 206 valence electrons.